The van der Waals surface area contributed by atoms with Crippen LogP contribution < -0.4 is 15.8 Å². The molecule has 0 radical (unpaired) electrons. The Labute approximate surface area is 164 Å². The van der Waals surface area contributed by atoms with Gasteiger partial charge in [0.1, 0.15) is 6.61 Å². The van der Waals surface area contributed by atoms with Crippen LogP contribution in [-0.2, 0) is 6.61 Å². The fraction of sp³-hybridized carbons (Fsp3) is 0.0417. The molecule has 0 unspecified atom stereocenters. The number of nitrogen functional groups attached to an aromatic ring is 1. The summed E-state index contributed by atoms with van der Waals surface area (Å²) >= 11 is 0. The summed E-state index contributed by atoms with van der Waals surface area (Å²) in [7, 11) is 0. The Balaban J connectivity index is 1.66. The fourth-order valence-corrected chi connectivity index (χ4v) is 2.96. The predicted molar refractivity (Wildman–Crippen MR) is 115 cm³/mol. The second-order valence-corrected chi connectivity index (χ2v) is 6.47. The fourth-order valence-electron chi connectivity index (χ4n) is 2.96. The molecule has 0 saturated carbocycles. The van der Waals surface area contributed by atoms with Crippen LogP contribution in [0.1, 0.15) is 5.56 Å². The largest absolute Gasteiger partial charge is 0.472 e. The number of nitrogens with zero attached hydrogens (tertiary/aromatic N) is 1. The van der Waals surface area contributed by atoms with E-state index in [-0.39, 0.29) is 0 Å². The molecule has 4 heteroatoms. The topological polar surface area (TPSA) is 60.2 Å². The molecule has 3 aromatic carbocycles. The van der Waals surface area contributed by atoms with Gasteiger partial charge in [0, 0.05) is 16.9 Å². The van der Waals surface area contributed by atoms with Crippen LogP contribution in [0.5, 0.6) is 5.88 Å². The minimum Gasteiger partial charge on any atom is -0.472 e. The molecular weight excluding hydrogens is 346 g/mol. The maximum atomic E-state index is 6.04. The number of nitrogens with one attached hydrogen (secondary N) is 1. The first-order valence-corrected chi connectivity index (χ1v) is 9.13. The summed E-state index contributed by atoms with van der Waals surface area (Å²) in [4.78, 5) is 4.57. The molecule has 28 heavy (non-hydrogen) atoms. The van der Waals surface area contributed by atoms with Gasteiger partial charge in [-0.1, -0.05) is 60.7 Å². The van der Waals surface area contributed by atoms with Gasteiger partial charge in [-0.25, -0.2) is 4.98 Å². The van der Waals surface area contributed by atoms with Crippen molar-refractivity contribution in [1.29, 1.82) is 0 Å². The molecule has 0 fully saturated rings. The van der Waals surface area contributed by atoms with Crippen LogP contribution in [-0.4, -0.2) is 4.98 Å². The first-order chi connectivity index (χ1) is 13.8. The third-order valence-electron chi connectivity index (χ3n) is 4.33. The molecule has 0 amide bonds. The summed E-state index contributed by atoms with van der Waals surface area (Å²) in [5.41, 5.74) is 11.5. The van der Waals surface area contributed by atoms with Crippen molar-refractivity contribution in [3.05, 3.63) is 103 Å². The monoisotopic (exact) mass is 367 g/mol. The number of aromatic nitrogens is 1. The number of anilines is 3. The number of ether oxygens (including phenoxy) is 1. The van der Waals surface area contributed by atoms with E-state index in [0.717, 1.165) is 28.1 Å². The molecule has 138 valence electrons. The lowest BCUT2D eigenvalue weighted by Gasteiger charge is -2.14. The van der Waals surface area contributed by atoms with E-state index in [1.54, 1.807) is 6.20 Å². The molecule has 0 saturated heterocycles. The standard InChI is InChI=1S/C24H21N3O/c25-20-11-7-10-19(14-20)23-15-22(27-21-12-5-2-6-13-21)16-26-24(23)28-17-18-8-3-1-4-9-18/h1-16,27H,17,25H2. The second kappa shape index (κ2) is 8.27. The number of hydrogen-bond acceptors (Lipinski definition) is 4. The summed E-state index contributed by atoms with van der Waals surface area (Å²) in [6.45, 7) is 0.453. The van der Waals surface area contributed by atoms with Crippen LogP contribution >= 0.6 is 0 Å². The zero-order valence-corrected chi connectivity index (χ0v) is 15.4. The highest BCUT2D eigenvalue weighted by Gasteiger charge is 2.11. The smallest absolute Gasteiger partial charge is 0.221 e. The molecule has 4 aromatic rings. The lowest BCUT2D eigenvalue weighted by molar-refractivity contribution is 0.295. The number of para-hydroxylation sites is 1. The Morgan fingerprint density at radius 3 is 2.29 bits per heavy atom. The highest BCUT2D eigenvalue weighted by molar-refractivity contribution is 5.75. The van der Waals surface area contributed by atoms with Crippen molar-refractivity contribution in [2.24, 2.45) is 0 Å². The zero-order valence-electron chi connectivity index (χ0n) is 15.4. The van der Waals surface area contributed by atoms with Gasteiger partial charge in [0.2, 0.25) is 5.88 Å². The highest BCUT2D eigenvalue weighted by atomic mass is 16.5. The molecule has 0 bridgehead atoms. The van der Waals surface area contributed by atoms with Crippen molar-refractivity contribution >= 4 is 17.1 Å². The molecule has 1 heterocycles. The normalized spacial score (nSPS) is 10.4. The van der Waals surface area contributed by atoms with Crippen molar-refractivity contribution in [1.82, 2.24) is 4.98 Å². The van der Waals surface area contributed by atoms with E-state index in [4.69, 9.17) is 10.5 Å². The summed E-state index contributed by atoms with van der Waals surface area (Å²) in [6.07, 6.45) is 1.78. The van der Waals surface area contributed by atoms with Gasteiger partial charge in [0.15, 0.2) is 0 Å². The lowest BCUT2D eigenvalue weighted by atomic mass is 10.1. The Hall–Kier alpha value is -3.79. The Morgan fingerprint density at radius 1 is 0.786 bits per heavy atom. The number of nitrogens with two attached hydrogens (primary N) is 1. The lowest BCUT2D eigenvalue weighted by Crippen LogP contribution is -2.01. The first-order valence-electron chi connectivity index (χ1n) is 9.13. The second-order valence-electron chi connectivity index (χ2n) is 6.47. The molecule has 4 nitrogen and oxygen atoms in total. The van der Waals surface area contributed by atoms with E-state index in [1.807, 2.05) is 91.0 Å². The Morgan fingerprint density at radius 2 is 1.54 bits per heavy atom. The van der Waals surface area contributed by atoms with E-state index in [2.05, 4.69) is 10.3 Å². The molecule has 0 spiro atoms. The van der Waals surface area contributed by atoms with Gasteiger partial charge in [0.25, 0.3) is 0 Å². The van der Waals surface area contributed by atoms with Crippen molar-refractivity contribution in [3.63, 3.8) is 0 Å². The molecule has 0 atom stereocenters. The molecule has 0 aliphatic carbocycles. The van der Waals surface area contributed by atoms with Crippen LogP contribution in [0.15, 0.2) is 97.2 Å². The zero-order chi connectivity index (χ0) is 19.2. The van der Waals surface area contributed by atoms with Gasteiger partial charge in [0.05, 0.1) is 11.9 Å². The number of pyridine rings is 1. The van der Waals surface area contributed by atoms with Crippen molar-refractivity contribution in [3.8, 4) is 17.0 Å². The minimum atomic E-state index is 0.453. The summed E-state index contributed by atoms with van der Waals surface area (Å²) in [6, 6.07) is 29.8. The van der Waals surface area contributed by atoms with Crippen molar-refractivity contribution in [2.75, 3.05) is 11.1 Å². The van der Waals surface area contributed by atoms with Gasteiger partial charge >= 0.3 is 0 Å². The summed E-state index contributed by atoms with van der Waals surface area (Å²) < 4.78 is 6.04. The average Bonchev–Trinajstić information content (AvgIpc) is 2.74. The quantitative estimate of drug-likeness (QED) is 0.432. The molecule has 1 aromatic heterocycles. The average molecular weight is 367 g/mol. The SMILES string of the molecule is Nc1cccc(-c2cc(Nc3ccccc3)cnc2OCc2ccccc2)c1. The van der Waals surface area contributed by atoms with E-state index in [1.165, 1.54) is 0 Å². The van der Waals surface area contributed by atoms with Gasteiger partial charge in [-0.2, -0.15) is 0 Å². The number of hydrogen-bond donors (Lipinski definition) is 2. The Bertz CT molecular complexity index is 1050. The summed E-state index contributed by atoms with van der Waals surface area (Å²) in [5.74, 6) is 0.577. The third-order valence-corrected chi connectivity index (χ3v) is 4.33. The van der Waals surface area contributed by atoms with Gasteiger partial charge in [-0.15, -0.1) is 0 Å². The molecule has 0 aliphatic rings. The number of benzene rings is 3. The van der Waals surface area contributed by atoms with Crippen molar-refractivity contribution in [2.45, 2.75) is 6.61 Å². The van der Waals surface area contributed by atoms with E-state index < -0.39 is 0 Å². The Kier molecular flexibility index (Phi) is 5.20. The maximum Gasteiger partial charge on any atom is 0.221 e. The van der Waals surface area contributed by atoms with E-state index >= 15 is 0 Å². The molecule has 4 rings (SSSR count). The van der Waals surface area contributed by atoms with Crippen LogP contribution in [0.2, 0.25) is 0 Å². The molecule has 3 N–H and O–H groups in total. The maximum absolute atomic E-state index is 6.04. The third kappa shape index (κ3) is 4.30. The van der Waals surface area contributed by atoms with Crippen LogP contribution in [0.3, 0.4) is 0 Å². The van der Waals surface area contributed by atoms with Gasteiger partial charge in [-0.05, 0) is 41.5 Å². The van der Waals surface area contributed by atoms with Gasteiger partial charge < -0.3 is 15.8 Å². The number of rotatable bonds is 6. The highest BCUT2D eigenvalue weighted by Crippen LogP contribution is 2.33. The summed E-state index contributed by atoms with van der Waals surface area (Å²) in [5, 5.41) is 3.38. The van der Waals surface area contributed by atoms with Crippen LogP contribution in [0.4, 0.5) is 17.1 Å². The first kappa shape index (κ1) is 17.6. The van der Waals surface area contributed by atoms with Gasteiger partial charge in [-0.3, -0.25) is 0 Å². The predicted octanol–water partition coefficient (Wildman–Crippen LogP) is 5.65. The van der Waals surface area contributed by atoms with Crippen molar-refractivity contribution < 1.29 is 4.74 Å². The van der Waals surface area contributed by atoms with Crippen LogP contribution in [0.25, 0.3) is 11.1 Å². The van der Waals surface area contributed by atoms with E-state index in [0.29, 0.717) is 18.2 Å². The molecular formula is C24H21N3O. The molecule has 0 aliphatic heterocycles. The van der Waals surface area contributed by atoms with Crippen LogP contribution in [0, 0.1) is 0 Å². The van der Waals surface area contributed by atoms with E-state index in [9.17, 15) is 0 Å². The minimum absolute atomic E-state index is 0.453.